The van der Waals surface area contributed by atoms with E-state index in [0.717, 1.165) is 28.6 Å². The molecule has 4 N–H and O–H groups in total. The summed E-state index contributed by atoms with van der Waals surface area (Å²) in [5.74, 6) is -0.575. The Morgan fingerprint density at radius 1 is 1.09 bits per heavy atom. The zero-order valence-corrected chi connectivity index (χ0v) is 18.4. The molecule has 3 heterocycles. The fourth-order valence-corrected chi connectivity index (χ4v) is 4.80. The molecular weight excluding hydrogens is 463 g/mol. The summed E-state index contributed by atoms with van der Waals surface area (Å²) in [4.78, 5) is 42.9. The average Bonchev–Trinajstić information content (AvgIpc) is 3.42. The van der Waals surface area contributed by atoms with Crippen LogP contribution in [-0.4, -0.2) is 52.4 Å². The normalized spacial score (nSPS) is 22.1. The summed E-state index contributed by atoms with van der Waals surface area (Å²) in [6.07, 6.45) is -2.33. The molecule has 4 amide bonds. The van der Waals surface area contributed by atoms with Crippen LogP contribution < -0.4 is 16.0 Å². The number of halogens is 3. The number of aromatic amines is 1. The highest BCUT2D eigenvalue weighted by Crippen LogP contribution is 2.34. The van der Waals surface area contributed by atoms with Crippen LogP contribution in [-0.2, 0) is 22.2 Å². The molecule has 8 nitrogen and oxygen atoms in total. The Morgan fingerprint density at radius 3 is 2.63 bits per heavy atom. The van der Waals surface area contributed by atoms with E-state index in [1.165, 1.54) is 17.0 Å². The predicted octanol–water partition coefficient (Wildman–Crippen LogP) is 3.02. The Kier molecular flexibility index (Phi) is 5.62. The second kappa shape index (κ2) is 8.64. The molecule has 35 heavy (non-hydrogen) atoms. The summed E-state index contributed by atoms with van der Waals surface area (Å²) in [5, 5.41) is 8.56. The summed E-state index contributed by atoms with van der Waals surface area (Å²) in [5.41, 5.74) is 0.488. The maximum Gasteiger partial charge on any atom is 0.418 e. The van der Waals surface area contributed by atoms with E-state index in [2.05, 4.69) is 20.9 Å². The minimum absolute atomic E-state index is 0.0929. The quantitative estimate of drug-likeness (QED) is 0.457. The number of amides is 4. The highest BCUT2D eigenvalue weighted by Gasteiger charge is 2.47. The van der Waals surface area contributed by atoms with Crippen molar-refractivity contribution >= 4 is 34.4 Å². The van der Waals surface area contributed by atoms with E-state index in [1.807, 2.05) is 30.5 Å². The average molecular weight is 485 g/mol. The van der Waals surface area contributed by atoms with Crippen molar-refractivity contribution in [1.29, 1.82) is 0 Å². The van der Waals surface area contributed by atoms with Gasteiger partial charge in [-0.05, 0) is 30.2 Å². The standard InChI is InChI=1S/C24H22F3N5O3/c25-24(26,27)16-6-2-4-8-18(16)31-23(35)29-14-10-20-21(33)30-19(22(34)32(20)12-14)9-13-11-28-17-7-3-1-5-15(13)17/h1-8,11,14,19-20,28H,9-10,12H2,(H,30,33)(H2,29,31,35)/t14-,19-,20-/m0/s1. The summed E-state index contributed by atoms with van der Waals surface area (Å²) in [6.45, 7) is 0.0929. The first-order chi connectivity index (χ1) is 16.7. The van der Waals surface area contributed by atoms with Crippen molar-refractivity contribution in [1.82, 2.24) is 20.5 Å². The van der Waals surface area contributed by atoms with Crippen LogP contribution in [0.1, 0.15) is 17.5 Å². The van der Waals surface area contributed by atoms with Crippen LogP contribution in [0, 0.1) is 0 Å². The number of hydrogen-bond donors (Lipinski definition) is 4. The fraction of sp³-hybridized carbons (Fsp3) is 0.292. The number of nitrogens with one attached hydrogen (secondary N) is 4. The second-order valence-electron chi connectivity index (χ2n) is 8.71. The molecule has 0 unspecified atom stereocenters. The van der Waals surface area contributed by atoms with E-state index < -0.39 is 35.9 Å². The molecule has 3 aromatic rings. The van der Waals surface area contributed by atoms with E-state index >= 15 is 0 Å². The first-order valence-electron chi connectivity index (χ1n) is 11.1. The summed E-state index contributed by atoms with van der Waals surface area (Å²) < 4.78 is 39.6. The number of carbonyl (C=O) groups is 3. The van der Waals surface area contributed by atoms with Gasteiger partial charge < -0.3 is 25.8 Å². The lowest BCUT2D eigenvalue weighted by molar-refractivity contribution is -0.146. The first kappa shape index (κ1) is 22.8. The lowest BCUT2D eigenvalue weighted by atomic mass is 10.0. The van der Waals surface area contributed by atoms with Crippen LogP contribution in [0.2, 0.25) is 0 Å². The van der Waals surface area contributed by atoms with Crippen molar-refractivity contribution < 1.29 is 27.6 Å². The molecule has 2 fully saturated rings. The van der Waals surface area contributed by atoms with Crippen LogP contribution in [0.3, 0.4) is 0 Å². The number of piperazine rings is 1. The molecule has 182 valence electrons. The number of hydrogen-bond acceptors (Lipinski definition) is 3. The van der Waals surface area contributed by atoms with Gasteiger partial charge in [0.2, 0.25) is 11.8 Å². The molecule has 2 saturated heterocycles. The molecule has 3 atom stereocenters. The Balaban J connectivity index is 1.24. The molecule has 0 spiro atoms. The molecular formula is C24H22F3N5O3. The van der Waals surface area contributed by atoms with Gasteiger partial charge in [-0.3, -0.25) is 9.59 Å². The van der Waals surface area contributed by atoms with E-state index in [-0.39, 0.29) is 30.5 Å². The Morgan fingerprint density at radius 2 is 1.83 bits per heavy atom. The number of urea groups is 1. The number of carbonyl (C=O) groups excluding carboxylic acids is 3. The third-order valence-corrected chi connectivity index (χ3v) is 6.42. The Hall–Kier alpha value is -4.02. The van der Waals surface area contributed by atoms with Gasteiger partial charge in [0, 0.05) is 30.1 Å². The van der Waals surface area contributed by atoms with Crippen LogP contribution in [0.25, 0.3) is 10.9 Å². The van der Waals surface area contributed by atoms with Crippen molar-refractivity contribution in [3.63, 3.8) is 0 Å². The number of alkyl halides is 3. The van der Waals surface area contributed by atoms with Crippen molar-refractivity contribution in [2.24, 2.45) is 0 Å². The van der Waals surface area contributed by atoms with Gasteiger partial charge in [0.05, 0.1) is 17.3 Å². The molecule has 11 heteroatoms. The second-order valence-corrected chi connectivity index (χ2v) is 8.71. The van der Waals surface area contributed by atoms with Crippen molar-refractivity contribution in [3.05, 3.63) is 65.9 Å². The summed E-state index contributed by atoms with van der Waals surface area (Å²) in [7, 11) is 0. The topological polar surface area (TPSA) is 106 Å². The van der Waals surface area contributed by atoms with Gasteiger partial charge in [0.1, 0.15) is 12.1 Å². The lowest BCUT2D eigenvalue weighted by Crippen LogP contribution is -2.61. The molecule has 2 aromatic carbocycles. The number of nitrogens with zero attached hydrogens (tertiary/aromatic N) is 1. The third kappa shape index (κ3) is 4.41. The maximum atomic E-state index is 13.2. The maximum absolute atomic E-state index is 13.2. The molecule has 0 saturated carbocycles. The van der Waals surface area contributed by atoms with Crippen LogP contribution >= 0.6 is 0 Å². The number of anilines is 1. The van der Waals surface area contributed by atoms with Gasteiger partial charge in [-0.25, -0.2) is 4.79 Å². The highest BCUT2D eigenvalue weighted by molar-refractivity contribution is 5.98. The van der Waals surface area contributed by atoms with Gasteiger partial charge in [0.15, 0.2) is 0 Å². The number of H-pyrrole nitrogens is 1. The minimum Gasteiger partial charge on any atom is -0.361 e. The van der Waals surface area contributed by atoms with Crippen molar-refractivity contribution in [3.8, 4) is 0 Å². The summed E-state index contributed by atoms with van der Waals surface area (Å²) in [6, 6.07) is 9.40. The van der Waals surface area contributed by atoms with E-state index in [4.69, 9.17) is 0 Å². The molecule has 0 aliphatic carbocycles. The van der Waals surface area contributed by atoms with Gasteiger partial charge >= 0.3 is 12.2 Å². The van der Waals surface area contributed by atoms with E-state index in [9.17, 15) is 27.6 Å². The molecule has 2 aliphatic rings. The molecule has 1 aromatic heterocycles. The van der Waals surface area contributed by atoms with E-state index in [0.29, 0.717) is 6.42 Å². The SMILES string of the molecule is O=C(Nc1ccccc1C(F)(F)F)N[C@H]1C[C@H]2C(=O)N[C@@H](Cc3c[nH]c4ccccc34)C(=O)N2C1. The van der Waals surface area contributed by atoms with Crippen LogP contribution in [0.15, 0.2) is 54.7 Å². The largest absolute Gasteiger partial charge is 0.418 e. The minimum atomic E-state index is -4.62. The fourth-order valence-electron chi connectivity index (χ4n) is 4.80. The smallest absolute Gasteiger partial charge is 0.361 e. The monoisotopic (exact) mass is 485 g/mol. The van der Waals surface area contributed by atoms with E-state index in [1.54, 1.807) is 0 Å². The lowest BCUT2D eigenvalue weighted by Gasteiger charge is -2.34. The third-order valence-electron chi connectivity index (χ3n) is 6.42. The molecule has 0 radical (unpaired) electrons. The zero-order chi connectivity index (χ0) is 24.7. The first-order valence-corrected chi connectivity index (χ1v) is 11.1. The Bertz CT molecular complexity index is 1300. The number of para-hydroxylation sites is 2. The van der Waals surface area contributed by atoms with Gasteiger partial charge in [-0.15, -0.1) is 0 Å². The predicted molar refractivity (Wildman–Crippen MR) is 121 cm³/mol. The van der Waals surface area contributed by atoms with Gasteiger partial charge in [0.25, 0.3) is 0 Å². The highest BCUT2D eigenvalue weighted by atomic mass is 19.4. The number of benzene rings is 2. The molecule has 2 aliphatic heterocycles. The molecule has 0 bridgehead atoms. The van der Waals surface area contributed by atoms with Crippen LogP contribution in [0.5, 0.6) is 0 Å². The zero-order valence-electron chi connectivity index (χ0n) is 18.4. The van der Waals surface area contributed by atoms with Crippen molar-refractivity contribution in [2.45, 2.75) is 37.1 Å². The summed E-state index contributed by atoms with van der Waals surface area (Å²) >= 11 is 0. The number of aromatic nitrogens is 1. The Labute approximate surface area is 197 Å². The van der Waals surface area contributed by atoms with Crippen molar-refractivity contribution in [2.75, 3.05) is 11.9 Å². The molecule has 5 rings (SSSR count). The number of fused-ring (bicyclic) bond motifs is 2. The number of rotatable bonds is 4. The van der Waals surface area contributed by atoms with Gasteiger partial charge in [-0.2, -0.15) is 13.2 Å². The van der Waals surface area contributed by atoms with Gasteiger partial charge in [-0.1, -0.05) is 30.3 Å². The van der Waals surface area contributed by atoms with Crippen LogP contribution in [0.4, 0.5) is 23.7 Å².